The van der Waals surface area contributed by atoms with Gasteiger partial charge in [0.2, 0.25) is 11.7 Å². The van der Waals surface area contributed by atoms with Gasteiger partial charge in [-0.1, -0.05) is 24.9 Å². The van der Waals surface area contributed by atoms with Crippen LogP contribution < -0.4 is 5.73 Å². The Morgan fingerprint density at radius 2 is 2.22 bits per heavy atom. The monoisotopic (exact) mass is 253 g/mol. The fourth-order valence-electron chi connectivity index (χ4n) is 2.80. The quantitative estimate of drug-likeness (QED) is 0.872. The molecule has 1 aliphatic carbocycles. The van der Waals surface area contributed by atoms with Crippen LogP contribution in [0.5, 0.6) is 0 Å². The molecule has 0 aliphatic heterocycles. The molecule has 0 radical (unpaired) electrons. The summed E-state index contributed by atoms with van der Waals surface area (Å²) < 4.78 is 10.8. The minimum absolute atomic E-state index is 0.0672. The van der Waals surface area contributed by atoms with Crippen molar-refractivity contribution in [2.24, 2.45) is 11.7 Å². The van der Waals surface area contributed by atoms with Crippen molar-refractivity contribution >= 4 is 0 Å². The Morgan fingerprint density at radius 1 is 1.44 bits per heavy atom. The van der Waals surface area contributed by atoms with Crippen LogP contribution in [0.2, 0.25) is 0 Å². The highest BCUT2D eigenvalue weighted by Gasteiger charge is 2.30. The first kappa shape index (κ1) is 13.5. The Kier molecular flexibility index (Phi) is 4.72. The average Bonchev–Trinajstić information content (AvgIpc) is 2.89. The van der Waals surface area contributed by atoms with Crippen molar-refractivity contribution in [2.45, 2.75) is 51.0 Å². The number of nitrogens with zero attached hydrogens (tertiary/aromatic N) is 2. The van der Waals surface area contributed by atoms with E-state index in [2.05, 4.69) is 10.1 Å². The summed E-state index contributed by atoms with van der Waals surface area (Å²) in [5.74, 6) is 2.22. The molecule has 2 rings (SSSR count). The second-order valence-corrected chi connectivity index (χ2v) is 5.01. The Morgan fingerprint density at radius 3 is 2.89 bits per heavy atom. The largest absolute Gasteiger partial charge is 0.373 e. The first-order chi connectivity index (χ1) is 8.80. The molecule has 0 saturated heterocycles. The highest BCUT2D eigenvalue weighted by atomic mass is 16.5. The van der Waals surface area contributed by atoms with E-state index in [1.807, 2.05) is 6.92 Å². The van der Waals surface area contributed by atoms with Crippen LogP contribution in [-0.2, 0) is 4.74 Å². The first-order valence-corrected chi connectivity index (χ1v) is 6.86. The third-order valence-corrected chi connectivity index (χ3v) is 3.93. The summed E-state index contributed by atoms with van der Waals surface area (Å²) in [6, 6.07) is 0. The third kappa shape index (κ3) is 2.72. The number of hydrogen-bond donors (Lipinski definition) is 1. The van der Waals surface area contributed by atoms with Crippen LogP contribution in [0.3, 0.4) is 0 Å². The Hall–Kier alpha value is -0.940. The number of hydrogen-bond acceptors (Lipinski definition) is 5. The number of rotatable bonds is 5. The average molecular weight is 253 g/mol. The normalized spacial score (nSPS) is 26.2. The lowest BCUT2D eigenvalue weighted by Gasteiger charge is -2.27. The summed E-state index contributed by atoms with van der Waals surface area (Å²) in [4.78, 5) is 4.52. The lowest BCUT2D eigenvalue weighted by atomic mass is 9.79. The molecule has 5 heteroatoms. The molecule has 3 atom stereocenters. The SMILES string of the molecule is CCC(OC)c1noc(C2CCCCC2CN)n1. The van der Waals surface area contributed by atoms with Gasteiger partial charge in [-0.25, -0.2) is 0 Å². The highest BCUT2D eigenvalue weighted by Crippen LogP contribution is 2.36. The van der Waals surface area contributed by atoms with Gasteiger partial charge in [-0.15, -0.1) is 0 Å². The smallest absolute Gasteiger partial charge is 0.230 e. The molecule has 1 heterocycles. The van der Waals surface area contributed by atoms with Gasteiger partial charge in [-0.2, -0.15) is 4.98 Å². The van der Waals surface area contributed by atoms with Crippen LogP contribution in [0, 0.1) is 5.92 Å². The molecule has 2 N–H and O–H groups in total. The maximum Gasteiger partial charge on any atom is 0.230 e. The number of methoxy groups -OCH3 is 1. The van der Waals surface area contributed by atoms with Gasteiger partial charge in [-0.3, -0.25) is 0 Å². The molecular weight excluding hydrogens is 230 g/mol. The summed E-state index contributed by atoms with van der Waals surface area (Å²) in [5.41, 5.74) is 5.84. The van der Waals surface area contributed by atoms with Gasteiger partial charge >= 0.3 is 0 Å². The minimum Gasteiger partial charge on any atom is -0.373 e. The van der Waals surface area contributed by atoms with E-state index in [-0.39, 0.29) is 6.10 Å². The van der Waals surface area contributed by atoms with Crippen molar-refractivity contribution < 1.29 is 9.26 Å². The topological polar surface area (TPSA) is 74.2 Å². The number of ether oxygens (including phenoxy) is 1. The van der Waals surface area contributed by atoms with E-state index in [1.54, 1.807) is 7.11 Å². The summed E-state index contributed by atoms with van der Waals surface area (Å²) in [6.07, 6.45) is 5.53. The van der Waals surface area contributed by atoms with Crippen molar-refractivity contribution in [2.75, 3.05) is 13.7 Å². The van der Waals surface area contributed by atoms with Crippen LogP contribution in [0.1, 0.15) is 62.8 Å². The molecule has 0 spiro atoms. The van der Waals surface area contributed by atoms with Crippen LogP contribution >= 0.6 is 0 Å². The molecule has 0 amide bonds. The molecule has 1 aromatic rings. The van der Waals surface area contributed by atoms with Gasteiger partial charge in [0.25, 0.3) is 0 Å². The van der Waals surface area contributed by atoms with E-state index in [4.69, 9.17) is 15.0 Å². The molecule has 1 saturated carbocycles. The van der Waals surface area contributed by atoms with Gasteiger partial charge < -0.3 is 15.0 Å². The van der Waals surface area contributed by atoms with E-state index in [1.165, 1.54) is 19.3 Å². The lowest BCUT2D eigenvalue weighted by Crippen LogP contribution is -2.25. The number of nitrogens with two attached hydrogens (primary N) is 1. The zero-order valence-electron chi connectivity index (χ0n) is 11.3. The van der Waals surface area contributed by atoms with Crippen LogP contribution in [0.15, 0.2) is 4.52 Å². The van der Waals surface area contributed by atoms with E-state index >= 15 is 0 Å². The van der Waals surface area contributed by atoms with Gasteiger partial charge in [0.05, 0.1) is 0 Å². The Bertz CT molecular complexity index is 363. The Balaban J connectivity index is 2.12. The zero-order chi connectivity index (χ0) is 13.0. The van der Waals surface area contributed by atoms with Crippen LogP contribution in [0.25, 0.3) is 0 Å². The van der Waals surface area contributed by atoms with Crippen molar-refractivity contribution in [1.82, 2.24) is 10.1 Å². The molecule has 5 nitrogen and oxygen atoms in total. The number of aromatic nitrogens is 2. The minimum atomic E-state index is -0.0672. The maximum absolute atomic E-state index is 5.84. The summed E-state index contributed by atoms with van der Waals surface area (Å²) in [6.45, 7) is 2.75. The predicted octanol–water partition coefficient (Wildman–Crippen LogP) is 2.40. The molecule has 1 aliphatic rings. The Labute approximate surface area is 108 Å². The van der Waals surface area contributed by atoms with Gasteiger partial charge in [0.15, 0.2) is 0 Å². The molecule has 3 unspecified atom stereocenters. The highest BCUT2D eigenvalue weighted by molar-refractivity contribution is 5.00. The van der Waals surface area contributed by atoms with E-state index in [9.17, 15) is 0 Å². The van der Waals surface area contributed by atoms with Crippen molar-refractivity contribution in [1.29, 1.82) is 0 Å². The fourth-order valence-corrected chi connectivity index (χ4v) is 2.80. The van der Waals surface area contributed by atoms with Gasteiger partial charge in [-0.05, 0) is 31.7 Å². The van der Waals surface area contributed by atoms with Crippen LogP contribution in [0.4, 0.5) is 0 Å². The first-order valence-electron chi connectivity index (χ1n) is 6.86. The second-order valence-electron chi connectivity index (χ2n) is 5.01. The van der Waals surface area contributed by atoms with E-state index in [0.29, 0.717) is 24.2 Å². The molecule has 102 valence electrons. The molecule has 0 bridgehead atoms. The van der Waals surface area contributed by atoms with Crippen LogP contribution in [-0.4, -0.2) is 23.8 Å². The second kappa shape index (κ2) is 6.29. The third-order valence-electron chi connectivity index (χ3n) is 3.93. The summed E-state index contributed by atoms with van der Waals surface area (Å²) in [5, 5.41) is 4.05. The standard InChI is InChI=1S/C13H23N3O2/c1-3-11(17-2)12-15-13(18-16-12)10-7-5-4-6-9(10)8-14/h9-11H,3-8,14H2,1-2H3. The summed E-state index contributed by atoms with van der Waals surface area (Å²) in [7, 11) is 1.67. The van der Waals surface area contributed by atoms with Gasteiger partial charge in [0.1, 0.15) is 6.10 Å². The van der Waals surface area contributed by atoms with E-state index < -0.39 is 0 Å². The zero-order valence-corrected chi connectivity index (χ0v) is 11.3. The predicted molar refractivity (Wildman–Crippen MR) is 68.1 cm³/mol. The molecule has 0 aromatic carbocycles. The van der Waals surface area contributed by atoms with E-state index in [0.717, 1.165) is 18.7 Å². The van der Waals surface area contributed by atoms with Crippen molar-refractivity contribution in [3.05, 3.63) is 11.7 Å². The fraction of sp³-hybridized carbons (Fsp3) is 0.846. The molecular formula is C13H23N3O2. The van der Waals surface area contributed by atoms with Crippen molar-refractivity contribution in [3.63, 3.8) is 0 Å². The molecule has 18 heavy (non-hydrogen) atoms. The maximum atomic E-state index is 5.84. The lowest BCUT2D eigenvalue weighted by molar-refractivity contribution is 0.0903. The molecule has 1 aromatic heterocycles. The summed E-state index contributed by atoms with van der Waals surface area (Å²) >= 11 is 0. The van der Waals surface area contributed by atoms with Crippen molar-refractivity contribution in [3.8, 4) is 0 Å². The van der Waals surface area contributed by atoms with Gasteiger partial charge in [0, 0.05) is 13.0 Å². The molecule has 1 fully saturated rings.